The van der Waals surface area contributed by atoms with Crippen LogP contribution >= 0.6 is 0 Å². The first kappa shape index (κ1) is 24.8. The molecule has 4 aromatic carbocycles. The molecule has 4 rings (SSSR count). The predicted octanol–water partition coefficient (Wildman–Crippen LogP) is 9.52. The highest BCUT2D eigenvalue weighted by Gasteiger charge is 2.18. The van der Waals surface area contributed by atoms with E-state index in [-0.39, 0.29) is 33.0 Å². The summed E-state index contributed by atoms with van der Waals surface area (Å²) < 4.78 is 85.7. The van der Waals surface area contributed by atoms with Gasteiger partial charge in [-0.2, -0.15) is 0 Å². The Labute approximate surface area is 200 Å². The zero-order valence-electron chi connectivity index (χ0n) is 19.2. The van der Waals surface area contributed by atoms with Crippen LogP contribution in [0, 0.1) is 34.9 Å². The highest BCUT2D eigenvalue weighted by molar-refractivity contribution is 5.88. The number of hydrogen-bond donors (Lipinski definition) is 0. The summed E-state index contributed by atoms with van der Waals surface area (Å²) in [5.74, 6) is -6.54. The Morgan fingerprint density at radius 3 is 1.94 bits per heavy atom. The lowest BCUT2D eigenvalue weighted by Crippen LogP contribution is -1.97. The minimum atomic E-state index is -1.58. The van der Waals surface area contributed by atoms with Crippen molar-refractivity contribution in [2.24, 2.45) is 0 Å². The summed E-state index contributed by atoms with van der Waals surface area (Å²) in [6.07, 6.45) is 5.74. The first-order valence-electron chi connectivity index (χ1n) is 11.7. The van der Waals surface area contributed by atoms with Gasteiger partial charge in [-0.15, -0.1) is 0 Å². The van der Waals surface area contributed by atoms with Crippen LogP contribution in [0.1, 0.15) is 44.6 Å². The van der Waals surface area contributed by atoms with Crippen LogP contribution in [0.15, 0.2) is 54.6 Å². The molecule has 0 aliphatic rings. The summed E-state index contributed by atoms with van der Waals surface area (Å²) >= 11 is 0. The summed E-state index contributed by atoms with van der Waals surface area (Å²) in [5.41, 5.74) is 0.639. The van der Waals surface area contributed by atoms with Gasteiger partial charge in [0, 0.05) is 10.9 Å². The number of aryl methyl sites for hydroxylation is 1. The third-order valence-corrected chi connectivity index (χ3v) is 6.21. The predicted molar refractivity (Wildman–Crippen MR) is 127 cm³/mol. The average Bonchev–Trinajstić information content (AvgIpc) is 2.82. The van der Waals surface area contributed by atoms with Crippen molar-refractivity contribution >= 4 is 10.8 Å². The average molecular weight is 486 g/mol. The number of halogens is 6. The molecule has 0 fully saturated rings. The van der Waals surface area contributed by atoms with Crippen molar-refractivity contribution in [2.75, 3.05) is 0 Å². The molecule has 0 amide bonds. The molecular weight excluding hydrogens is 462 g/mol. The Kier molecular flexibility index (Phi) is 7.48. The Morgan fingerprint density at radius 2 is 1.26 bits per heavy atom. The standard InChI is InChI=1S/C29H24F6/c1-2-3-4-5-6-7-17-12-24(31)27(25(32)13-17)19-9-10-21(23(30)15-19)18-8-11-22-20(14-18)16-26(33)29(35)28(22)34/h8-16H,2-7H2,1H3. The molecular formula is C29H24F6. The van der Waals surface area contributed by atoms with Crippen LogP contribution in [0.5, 0.6) is 0 Å². The molecule has 0 heterocycles. The van der Waals surface area contributed by atoms with E-state index in [4.69, 9.17) is 0 Å². The van der Waals surface area contributed by atoms with Crippen LogP contribution < -0.4 is 0 Å². The second-order valence-electron chi connectivity index (χ2n) is 8.72. The summed E-state index contributed by atoms with van der Waals surface area (Å²) in [5, 5.41) is -0.0796. The Bertz CT molecular complexity index is 1350. The highest BCUT2D eigenvalue weighted by atomic mass is 19.2. The lowest BCUT2D eigenvalue weighted by molar-refractivity contribution is 0.453. The van der Waals surface area contributed by atoms with Gasteiger partial charge in [0.05, 0.1) is 5.56 Å². The van der Waals surface area contributed by atoms with Crippen molar-refractivity contribution in [3.8, 4) is 22.3 Å². The summed E-state index contributed by atoms with van der Waals surface area (Å²) in [4.78, 5) is 0. The fourth-order valence-electron chi connectivity index (χ4n) is 4.36. The topological polar surface area (TPSA) is 0 Å². The maximum atomic E-state index is 15.0. The second kappa shape index (κ2) is 10.5. The molecule has 0 nitrogen and oxygen atoms in total. The molecule has 0 spiro atoms. The van der Waals surface area contributed by atoms with E-state index >= 15 is 4.39 Å². The van der Waals surface area contributed by atoms with Crippen molar-refractivity contribution in [2.45, 2.75) is 45.4 Å². The molecule has 0 saturated heterocycles. The molecule has 0 radical (unpaired) electrons. The van der Waals surface area contributed by atoms with E-state index in [2.05, 4.69) is 6.92 Å². The van der Waals surface area contributed by atoms with Crippen molar-refractivity contribution in [3.05, 3.63) is 95.1 Å². The van der Waals surface area contributed by atoms with Gasteiger partial charge in [0.2, 0.25) is 0 Å². The first-order valence-corrected chi connectivity index (χ1v) is 11.7. The Morgan fingerprint density at radius 1 is 0.571 bits per heavy atom. The minimum Gasteiger partial charge on any atom is -0.206 e. The molecule has 0 N–H and O–H groups in total. The number of hydrogen-bond acceptors (Lipinski definition) is 0. The van der Waals surface area contributed by atoms with Crippen LogP contribution in [0.25, 0.3) is 33.0 Å². The fourth-order valence-corrected chi connectivity index (χ4v) is 4.36. The lowest BCUT2D eigenvalue weighted by Gasteiger charge is -2.11. The van der Waals surface area contributed by atoms with E-state index in [0.29, 0.717) is 12.0 Å². The molecule has 0 saturated carbocycles. The number of unbranched alkanes of at least 4 members (excludes halogenated alkanes) is 4. The van der Waals surface area contributed by atoms with Crippen molar-refractivity contribution in [1.82, 2.24) is 0 Å². The highest BCUT2D eigenvalue weighted by Crippen LogP contribution is 2.34. The van der Waals surface area contributed by atoms with Gasteiger partial charge in [0.25, 0.3) is 0 Å². The Hall–Kier alpha value is -3.28. The van der Waals surface area contributed by atoms with E-state index in [1.54, 1.807) is 0 Å². The van der Waals surface area contributed by atoms with Gasteiger partial charge in [0.15, 0.2) is 17.5 Å². The van der Waals surface area contributed by atoms with Crippen LogP contribution in [0.2, 0.25) is 0 Å². The van der Waals surface area contributed by atoms with Crippen molar-refractivity contribution in [3.63, 3.8) is 0 Å². The van der Waals surface area contributed by atoms with Crippen LogP contribution in [0.3, 0.4) is 0 Å². The third-order valence-electron chi connectivity index (χ3n) is 6.21. The zero-order valence-corrected chi connectivity index (χ0v) is 19.2. The molecule has 0 unspecified atom stereocenters. The lowest BCUT2D eigenvalue weighted by atomic mass is 9.96. The molecule has 182 valence electrons. The largest absolute Gasteiger partial charge is 0.206 e. The Balaban J connectivity index is 1.61. The third kappa shape index (κ3) is 5.21. The molecule has 0 aliphatic heterocycles. The number of rotatable bonds is 8. The maximum Gasteiger partial charge on any atom is 0.195 e. The molecule has 35 heavy (non-hydrogen) atoms. The molecule has 0 aliphatic carbocycles. The maximum absolute atomic E-state index is 15.0. The van der Waals surface area contributed by atoms with E-state index < -0.39 is 34.9 Å². The molecule has 0 atom stereocenters. The van der Waals surface area contributed by atoms with E-state index in [9.17, 15) is 22.0 Å². The van der Waals surface area contributed by atoms with Gasteiger partial charge >= 0.3 is 0 Å². The van der Waals surface area contributed by atoms with E-state index in [1.807, 2.05) is 0 Å². The van der Waals surface area contributed by atoms with Gasteiger partial charge < -0.3 is 0 Å². The van der Waals surface area contributed by atoms with Crippen LogP contribution in [-0.4, -0.2) is 0 Å². The molecule has 0 aromatic heterocycles. The molecule has 0 bridgehead atoms. The van der Waals surface area contributed by atoms with E-state index in [1.165, 1.54) is 42.5 Å². The van der Waals surface area contributed by atoms with Crippen LogP contribution in [0.4, 0.5) is 26.3 Å². The first-order chi connectivity index (χ1) is 16.8. The number of fused-ring (bicyclic) bond motifs is 1. The minimum absolute atomic E-state index is 0.0377. The summed E-state index contributed by atoms with van der Waals surface area (Å²) in [7, 11) is 0. The van der Waals surface area contributed by atoms with Crippen molar-refractivity contribution in [1.29, 1.82) is 0 Å². The van der Waals surface area contributed by atoms with E-state index in [0.717, 1.165) is 44.2 Å². The van der Waals surface area contributed by atoms with Gasteiger partial charge in [-0.1, -0.05) is 56.9 Å². The van der Waals surface area contributed by atoms with Gasteiger partial charge in [-0.25, -0.2) is 26.3 Å². The second-order valence-corrected chi connectivity index (χ2v) is 8.72. The van der Waals surface area contributed by atoms with Gasteiger partial charge in [0.1, 0.15) is 17.5 Å². The van der Waals surface area contributed by atoms with Gasteiger partial charge in [-0.05, 0) is 65.3 Å². The van der Waals surface area contributed by atoms with Gasteiger partial charge in [-0.3, -0.25) is 0 Å². The summed E-state index contributed by atoms with van der Waals surface area (Å²) in [6, 6.07) is 11.1. The zero-order chi connectivity index (χ0) is 25.1. The summed E-state index contributed by atoms with van der Waals surface area (Å²) in [6.45, 7) is 2.12. The SMILES string of the molecule is CCCCCCCc1cc(F)c(-c2ccc(-c3ccc4c(F)c(F)c(F)cc4c3)c(F)c2)c(F)c1. The fraction of sp³-hybridized carbons (Fsp3) is 0.241. The molecule has 4 aromatic rings. The smallest absolute Gasteiger partial charge is 0.195 e. The molecule has 6 heteroatoms. The monoisotopic (exact) mass is 486 g/mol. The normalized spacial score (nSPS) is 11.4. The van der Waals surface area contributed by atoms with Crippen LogP contribution in [-0.2, 0) is 6.42 Å². The number of benzene rings is 4. The quantitative estimate of drug-likeness (QED) is 0.132. The van der Waals surface area contributed by atoms with Crippen molar-refractivity contribution < 1.29 is 26.3 Å².